The minimum atomic E-state index is -0.970. The van der Waals surface area contributed by atoms with E-state index < -0.39 is 35.4 Å². The summed E-state index contributed by atoms with van der Waals surface area (Å²) in [4.78, 5) is 39.8. The minimum absolute atomic E-state index is 0.0930. The van der Waals surface area contributed by atoms with Gasteiger partial charge in [-0.3, -0.25) is 4.79 Å². The van der Waals surface area contributed by atoms with Crippen molar-refractivity contribution in [2.75, 3.05) is 11.4 Å². The van der Waals surface area contributed by atoms with Gasteiger partial charge in [0.15, 0.2) is 0 Å². The SMILES string of the molecule is CC(C)OC(=O)c1cc(N2C(=O)N3CCC[C@]3(C)C2=O)c(F)cc1Cl. The van der Waals surface area contributed by atoms with E-state index in [1.54, 1.807) is 20.8 Å². The molecule has 0 aromatic heterocycles. The number of imide groups is 1. The van der Waals surface area contributed by atoms with Gasteiger partial charge in [0.2, 0.25) is 0 Å². The fourth-order valence-electron chi connectivity index (χ4n) is 3.30. The number of benzene rings is 1. The molecule has 8 heteroatoms. The van der Waals surface area contributed by atoms with Crippen molar-refractivity contribution < 1.29 is 23.5 Å². The number of carbonyl (C=O) groups excluding carboxylic acids is 3. The Labute approximate surface area is 149 Å². The molecule has 0 radical (unpaired) electrons. The normalized spacial score (nSPS) is 22.8. The summed E-state index contributed by atoms with van der Waals surface area (Å²) in [5, 5.41) is -0.141. The van der Waals surface area contributed by atoms with Gasteiger partial charge in [-0.1, -0.05) is 11.6 Å². The van der Waals surface area contributed by atoms with Crippen molar-refractivity contribution in [2.45, 2.75) is 45.3 Å². The molecule has 2 heterocycles. The van der Waals surface area contributed by atoms with E-state index in [-0.39, 0.29) is 16.3 Å². The van der Waals surface area contributed by atoms with Crippen LogP contribution in [0.25, 0.3) is 0 Å². The van der Waals surface area contributed by atoms with Crippen molar-refractivity contribution in [1.29, 1.82) is 0 Å². The molecule has 1 aromatic rings. The molecule has 25 heavy (non-hydrogen) atoms. The van der Waals surface area contributed by atoms with Crippen LogP contribution in [0.2, 0.25) is 5.02 Å². The predicted octanol–water partition coefficient (Wildman–Crippen LogP) is 3.37. The largest absolute Gasteiger partial charge is 0.459 e. The number of esters is 1. The molecule has 0 spiro atoms. The van der Waals surface area contributed by atoms with Crippen LogP contribution in [0.3, 0.4) is 0 Å². The zero-order chi connectivity index (χ0) is 18.5. The smallest absolute Gasteiger partial charge is 0.339 e. The Morgan fingerprint density at radius 3 is 2.64 bits per heavy atom. The number of hydrogen-bond donors (Lipinski definition) is 0. The van der Waals surface area contributed by atoms with E-state index in [1.807, 2.05) is 0 Å². The Morgan fingerprint density at radius 1 is 1.36 bits per heavy atom. The average molecular weight is 369 g/mol. The lowest BCUT2D eigenvalue weighted by atomic mass is 9.99. The second-order valence-electron chi connectivity index (χ2n) is 6.69. The van der Waals surface area contributed by atoms with Crippen LogP contribution in [-0.4, -0.2) is 41.0 Å². The van der Waals surface area contributed by atoms with Crippen LogP contribution in [-0.2, 0) is 9.53 Å². The van der Waals surface area contributed by atoms with Gasteiger partial charge in [0, 0.05) is 6.54 Å². The third-order valence-corrected chi connectivity index (χ3v) is 4.88. The van der Waals surface area contributed by atoms with Crippen molar-refractivity contribution in [1.82, 2.24) is 4.90 Å². The summed E-state index contributed by atoms with van der Waals surface area (Å²) in [7, 11) is 0. The molecule has 2 aliphatic heterocycles. The van der Waals surface area contributed by atoms with E-state index in [0.29, 0.717) is 13.0 Å². The summed E-state index contributed by atoms with van der Waals surface area (Å²) in [5.74, 6) is -2.09. The van der Waals surface area contributed by atoms with Gasteiger partial charge in [-0.15, -0.1) is 0 Å². The monoisotopic (exact) mass is 368 g/mol. The Morgan fingerprint density at radius 2 is 2.04 bits per heavy atom. The topological polar surface area (TPSA) is 66.9 Å². The molecule has 1 atom stereocenters. The third kappa shape index (κ3) is 2.66. The van der Waals surface area contributed by atoms with Crippen molar-refractivity contribution in [3.63, 3.8) is 0 Å². The van der Waals surface area contributed by atoms with Crippen LogP contribution in [0.5, 0.6) is 0 Å². The molecular weight excluding hydrogens is 351 g/mol. The number of anilines is 1. The highest BCUT2D eigenvalue weighted by Gasteiger charge is 2.57. The Bertz CT molecular complexity index is 782. The Balaban J connectivity index is 2.04. The molecule has 0 aliphatic carbocycles. The highest BCUT2D eigenvalue weighted by atomic mass is 35.5. The van der Waals surface area contributed by atoms with E-state index in [2.05, 4.69) is 0 Å². The molecule has 0 bridgehead atoms. The first-order valence-electron chi connectivity index (χ1n) is 8.03. The van der Waals surface area contributed by atoms with Gasteiger partial charge in [-0.05, 0) is 45.7 Å². The molecule has 3 amide bonds. The number of hydrogen-bond acceptors (Lipinski definition) is 4. The van der Waals surface area contributed by atoms with Gasteiger partial charge in [0.05, 0.1) is 22.4 Å². The number of rotatable bonds is 3. The zero-order valence-corrected chi connectivity index (χ0v) is 14.9. The molecule has 6 nitrogen and oxygen atoms in total. The molecular formula is C17H18ClFN2O4. The molecule has 2 saturated heterocycles. The van der Waals surface area contributed by atoms with Crippen LogP contribution in [0.1, 0.15) is 44.0 Å². The molecule has 0 N–H and O–H groups in total. The summed E-state index contributed by atoms with van der Waals surface area (Å²) >= 11 is 5.94. The summed E-state index contributed by atoms with van der Waals surface area (Å²) in [6, 6.07) is 1.43. The van der Waals surface area contributed by atoms with E-state index in [4.69, 9.17) is 16.3 Å². The number of ether oxygens (including phenoxy) is 1. The average Bonchev–Trinajstić information content (AvgIpc) is 2.98. The van der Waals surface area contributed by atoms with Crippen LogP contribution in [0.4, 0.5) is 14.9 Å². The molecule has 3 rings (SSSR count). The lowest BCUT2D eigenvalue weighted by Gasteiger charge is -2.22. The first kappa shape index (κ1) is 17.7. The van der Waals surface area contributed by atoms with Gasteiger partial charge >= 0.3 is 12.0 Å². The molecule has 2 fully saturated rings. The van der Waals surface area contributed by atoms with Gasteiger partial charge in [-0.2, -0.15) is 0 Å². The second-order valence-corrected chi connectivity index (χ2v) is 7.10. The van der Waals surface area contributed by atoms with Crippen LogP contribution in [0, 0.1) is 5.82 Å². The first-order chi connectivity index (χ1) is 11.7. The highest BCUT2D eigenvalue weighted by Crippen LogP contribution is 2.41. The van der Waals surface area contributed by atoms with E-state index in [1.165, 1.54) is 4.90 Å². The highest BCUT2D eigenvalue weighted by molar-refractivity contribution is 6.34. The van der Waals surface area contributed by atoms with E-state index >= 15 is 0 Å². The number of carbonyl (C=O) groups is 3. The number of halogens is 2. The van der Waals surface area contributed by atoms with Crippen molar-refractivity contribution in [3.05, 3.63) is 28.5 Å². The van der Waals surface area contributed by atoms with Gasteiger partial charge in [0.25, 0.3) is 5.91 Å². The number of nitrogens with zero attached hydrogens (tertiary/aromatic N) is 2. The Kier molecular flexibility index (Phi) is 4.23. The fraction of sp³-hybridized carbons (Fsp3) is 0.471. The van der Waals surface area contributed by atoms with Crippen LogP contribution < -0.4 is 4.90 Å². The quantitative estimate of drug-likeness (QED) is 0.606. The van der Waals surface area contributed by atoms with Crippen molar-refractivity contribution in [3.8, 4) is 0 Å². The van der Waals surface area contributed by atoms with Gasteiger partial charge < -0.3 is 9.64 Å². The summed E-state index contributed by atoms with van der Waals surface area (Å²) < 4.78 is 19.5. The molecule has 2 aliphatic rings. The van der Waals surface area contributed by atoms with Crippen LogP contribution >= 0.6 is 11.6 Å². The fourth-order valence-corrected chi connectivity index (χ4v) is 3.52. The van der Waals surface area contributed by atoms with Crippen molar-refractivity contribution in [2.24, 2.45) is 0 Å². The maximum absolute atomic E-state index is 14.5. The lowest BCUT2D eigenvalue weighted by molar-refractivity contribution is -0.123. The molecule has 134 valence electrons. The van der Waals surface area contributed by atoms with Gasteiger partial charge in [-0.25, -0.2) is 18.9 Å². The van der Waals surface area contributed by atoms with Crippen molar-refractivity contribution >= 4 is 35.2 Å². The maximum atomic E-state index is 14.5. The molecule has 1 aromatic carbocycles. The summed E-state index contributed by atoms with van der Waals surface area (Å²) in [5.41, 5.74) is -1.35. The third-order valence-electron chi connectivity index (χ3n) is 4.57. The number of urea groups is 1. The summed E-state index contributed by atoms with van der Waals surface area (Å²) in [6.07, 6.45) is 0.846. The van der Waals surface area contributed by atoms with E-state index in [0.717, 1.165) is 23.5 Å². The predicted molar refractivity (Wildman–Crippen MR) is 89.2 cm³/mol. The Hall–Kier alpha value is -2.15. The number of fused-ring (bicyclic) bond motifs is 1. The van der Waals surface area contributed by atoms with Crippen LogP contribution in [0.15, 0.2) is 12.1 Å². The number of amides is 3. The standard InChI is InChI=1S/C17H18ClFN2O4/c1-9(2)25-14(22)10-7-13(12(19)8-11(10)18)21-15(23)17(3)5-4-6-20(17)16(21)24/h7-9H,4-6H2,1-3H3/t17-/m1/s1. The first-order valence-corrected chi connectivity index (χ1v) is 8.41. The van der Waals surface area contributed by atoms with Gasteiger partial charge in [0.1, 0.15) is 11.4 Å². The lowest BCUT2D eigenvalue weighted by Crippen LogP contribution is -2.41. The summed E-state index contributed by atoms with van der Waals surface area (Å²) in [6.45, 7) is 5.44. The zero-order valence-electron chi connectivity index (χ0n) is 14.1. The molecule has 0 saturated carbocycles. The minimum Gasteiger partial charge on any atom is -0.459 e. The second kappa shape index (κ2) is 5.98. The maximum Gasteiger partial charge on any atom is 0.339 e. The van der Waals surface area contributed by atoms with E-state index in [9.17, 15) is 18.8 Å². The molecule has 0 unspecified atom stereocenters.